The molecule has 7 heteroatoms. The number of carbonyl (C=O) groups is 1. The van der Waals surface area contributed by atoms with E-state index in [0.29, 0.717) is 27.6 Å². The molecule has 0 aromatic heterocycles. The molecule has 0 bridgehead atoms. The van der Waals surface area contributed by atoms with Crippen LogP contribution in [-0.4, -0.2) is 35.5 Å². The standard InChI is InChI=1S/C25H23ClO6/c1-3-31-23(27)24(28)22(16-8-14-19(30-2)15-9-16)20-6-4-5-7-21(20)32-25(24,29)17-10-12-18(26)13-11-17/h4-15,22,28-29H,3H2,1-2H3/t22?,24-,25+/m1/s1. The lowest BCUT2D eigenvalue weighted by molar-refractivity contribution is -0.280. The third kappa shape index (κ3) is 3.41. The zero-order valence-electron chi connectivity index (χ0n) is 17.6. The normalized spacial score (nSPS) is 24.2. The van der Waals surface area contributed by atoms with Gasteiger partial charge >= 0.3 is 5.97 Å². The van der Waals surface area contributed by atoms with E-state index < -0.39 is 23.3 Å². The maximum Gasteiger partial charge on any atom is 0.346 e. The Hall–Kier alpha value is -3.06. The van der Waals surface area contributed by atoms with E-state index in [1.165, 1.54) is 12.1 Å². The number of para-hydroxylation sites is 1. The number of carbonyl (C=O) groups excluding carboxylic acids is 1. The van der Waals surface area contributed by atoms with Gasteiger partial charge in [0.1, 0.15) is 11.5 Å². The highest BCUT2D eigenvalue weighted by atomic mass is 35.5. The predicted octanol–water partition coefficient (Wildman–Crippen LogP) is 4.01. The van der Waals surface area contributed by atoms with E-state index in [9.17, 15) is 15.0 Å². The highest BCUT2D eigenvalue weighted by molar-refractivity contribution is 6.30. The molecule has 1 heterocycles. The average molecular weight is 455 g/mol. The predicted molar refractivity (Wildman–Crippen MR) is 119 cm³/mol. The summed E-state index contributed by atoms with van der Waals surface area (Å²) in [6.45, 7) is 1.64. The van der Waals surface area contributed by atoms with Crippen LogP contribution in [0, 0.1) is 0 Å². The van der Waals surface area contributed by atoms with Gasteiger partial charge in [-0.3, -0.25) is 0 Å². The minimum absolute atomic E-state index is 0.00875. The monoisotopic (exact) mass is 454 g/mol. The first-order valence-corrected chi connectivity index (χ1v) is 10.5. The molecule has 166 valence electrons. The van der Waals surface area contributed by atoms with Gasteiger partial charge in [0, 0.05) is 16.1 Å². The van der Waals surface area contributed by atoms with Gasteiger partial charge in [0.05, 0.1) is 19.6 Å². The Bertz CT molecular complexity index is 1110. The lowest BCUT2D eigenvalue weighted by Gasteiger charge is -2.49. The minimum Gasteiger partial charge on any atom is -0.497 e. The lowest BCUT2D eigenvalue weighted by Crippen LogP contribution is -2.66. The Balaban J connectivity index is 2.01. The molecule has 0 saturated carbocycles. The molecule has 1 aliphatic heterocycles. The summed E-state index contributed by atoms with van der Waals surface area (Å²) in [5, 5.41) is 24.4. The van der Waals surface area contributed by atoms with E-state index in [1.807, 2.05) is 0 Å². The molecule has 0 amide bonds. The largest absolute Gasteiger partial charge is 0.497 e. The number of esters is 1. The highest BCUT2D eigenvalue weighted by Crippen LogP contribution is 2.54. The van der Waals surface area contributed by atoms with Crippen LogP contribution in [0.5, 0.6) is 11.5 Å². The third-order valence-electron chi connectivity index (χ3n) is 5.69. The molecule has 1 unspecified atom stereocenters. The topological polar surface area (TPSA) is 85.2 Å². The van der Waals surface area contributed by atoms with Crippen LogP contribution in [0.4, 0.5) is 0 Å². The Kier molecular flexibility index (Phi) is 5.86. The molecule has 0 radical (unpaired) electrons. The van der Waals surface area contributed by atoms with Crippen molar-refractivity contribution in [3.05, 3.63) is 94.5 Å². The summed E-state index contributed by atoms with van der Waals surface area (Å²) in [5.41, 5.74) is -1.25. The van der Waals surface area contributed by atoms with Gasteiger partial charge in [-0.25, -0.2) is 4.79 Å². The van der Waals surface area contributed by atoms with E-state index in [2.05, 4.69) is 0 Å². The Morgan fingerprint density at radius 2 is 1.69 bits per heavy atom. The van der Waals surface area contributed by atoms with E-state index in [-0.39, 0.29) is 12.2 Å². The first-order valence-electron chi connectivity index (χ1n) is 10.1. The van der Waals surface area contributed by atoms with Crippen molar-refractivity contribution in [2.45, 2.75) is 24.2 Å². The smallest absolute Gasteiger partial charge is 0.346 e. The summed E-state index contributed by atoms with van der Waals surface area (Å²) in [5.74, 6) is -3.52. The Morgan fingerprint density at radius 1 is 1.03 bits per heavy atom. The van der Waals surface area contributed by atoms with Crippen molar-refractivity contribution < 1.29 is 29.2 Å². The number of benzene rings is 3. The maximum absolute atomic E-state index is 13.3. The number of methoxy groups -OCH3 is 1. The van der Waals surface area contributed by atoms with Gasteiger partial charge in [-0.15, -0.1) is 0 Å². The summed E-state index contributed by atoms with van der Waals surface area (Å²) < 4.78 is 16.5. The summed E-state index contributed by atoms with van der Waals surface area (Å²) in [6.07, 6.45) is 0. The summed E-state index contributed by atoms with van der Waals surface area (Å²) in [6, 6.07) is 20.0. The third-order valence-corrected chi connectivity index (χ3v) is 5.95. The lowest BCUT2D eigenvalue weighted by atomic mass is 9.68. The van der Waals surface area contributed by atoms with Gasteiger partial charge in [-0.05, 0) is 42.8 Å². The highest BCUT2D eigenvalue weighted by Gasteiger charge is 2.67. The van der Waals surface area contributed by atoms with Crippen LogP contribution in [0.25, 0.3) is 0 Å². The summed E-state index contributed by atoms with van der Waals surface area (Å²) in [7, 11) is 1.55. The molecule has 0 saturated heterocycles. The molecule has 32 heavy (non-hydrogen) atoms. The number of hydrogen-bond acceptors (Lipinski definition) is 6. The molecule has 3 aromatic carbocycles. The van der Waals surface area contributed by atoms with Gasteiger partial charge in [0.2, 0.25) is 5.60 Å². The molecule has 6 nitrogen and oxygen atoms in total. The second-order valence-corrected chi connectivity index (χ2v) is 7.92. The zero-order valence-corrected chi connectivity index (χ0v) is 18.4. The SMILES string of the molecule is CCOC(=O)[C@]1(O)C(c2ccc(OC)cc2)c2ccccc2O[C@@]1(O)c1ccc(Cl)cc1. The van der Waals surface area contributed by atoms with Crippen LogP contribution in [0.2, 0.25) is 5.02 Å². The van der Waals surface area contributed by atoms with E-state index in [1.54, 1.807) is 74.7 Å². The summed E-state index contributed by atoms with van der Waals surface area (Å²) >= 11 is 6.03. The number of rotatable bonds is 5. The van der Waals surface area contributed by atoms with Crippen molar-refractivity contribution in [2.24, 2.45) is 0 Å². The van der Waals surface area contributed by atoms with Crippen LogP contribution in [0.3, 0.4) is 0 Å². The number of hydrogen-bond donors (Lipinski definition) is 2. The average Bonchev–Trinajstić information content (AvgIpc) is 2.80. The second kappa shape index (κ2) is 8.47. The van der Waals surface area contributed by atoms with Gasteiger partial charge in [-0.2, -0.15) is 0 Å². The molecular formula is C25H23ClO6. The van der Waals surface area contributed by atoms with Crippen molar-refractivity contribution in [3.63, 3.8) is 0 Å². The molecule has 0 aliphatic carbocycles. The Labute approximate surface area is 190 Å². The number of ether oxygens (including phenoxy) is 3. The molecule has 4 rings (SSSR count). The second-order valence-electron chi connectivity index (χ2n) is 7.48. The molecule has 1 aliphatic rings. The van der Waals surface area contributed by atoms with E-state index in [4.69, 9.17) is 25.8 Å². The van der Waals surface area contributed by atoms with Crippen molar-refractivity contribution in [1.82, 2.24) is 0 Å². The van der Waals surface area contributed by atoms with Gasteiger partial charge in [-0.1, -0.05) is 54.1 Å². The van der Waals surface area contributed by atoms with Crippen molar-refractivity contribution in [1.29, 1.82) is 0 Å². The van der Waals surface area contributed by atoms with Crippen molar-refractivity contribution in [3.8, 4) is 11.5 Å². The molecule has 2 N–H and O–H groups in total. The van der Waals surface area contributed by atoms with Crippen molar-refractivity contribution >= 4 is 17.6 Å². The van der Waals surface area contributed by atoms with Crippen molar-refractivity contribution in [2.75, 3.05) is 13.7 Å². The first-order chi connectivity index (χ1) is 15.3. The van der Waals surface area contributed by atoms with E-state index >= 15 is 0 Å². The van der Waals surface area contributed by atoms with Crippen LogP contribution < -0.4 is 9.47 Å². The minimum atomic E-state index is -2.51. The Morgan fingerprint density at radius 3 is 2.31 bits per heavy atom. The van der Waals surface area contributed by atoms with Crippen LogP contribution in [0.15, 0.2) is 72.8 Å². The van der Waals surface area contributed by atoms with Crippen LogP contribution >= 0.6 is 11.6 Å². The first kappa shape index (κ1) is 22.1. The van der Waals surface area contributed by atoms with Gasteiger partial charge in [0.25, 0.3) is 5.79 Å². The fourth-order valence-corrected chi connectivity index (χ4v) is 4.26. The molecule has 3 atom stereocenters. The molecule has 3 aromatic rings. The number of halogens is 1. The quantitative estimate of drug-likeness (QED) is 0.566. The zero-order chi connectivity index (χ0) is 22.9. The molecule has 0 spiro atoms. The van der Waals surface area contributed by atoms with Crippen LogP contribution in [0.1, 0.15) is 29.5 Å². The molecule has 0 fully saturated rings. The number of fused-ring (bicyclic) bond motifs is 1. The molecular weight excluding hydrogens is 432 g/mol. The van der Waals surface area contributed by atoms with Gasteiger partial charge < -0.3 is 24.4 Å². The van der Waals surface area contributed by atoms with E-state index in [0.717, 1.165) is 0 Å². The fraction of sp³-hybridized carbons (Fsp3) is 0.240. The fourth-order valence-electron chi connectivity index (χ4n) is 4.14. The van der Waals surface area contributed by atoms with Gasteiger partial charge in [0.15, 0.2) is 0 Å². The number of aliphatic hydroxyl groups is 2. The summed E-state index contributed by atoms with van der Waals surface area (Å²) in [4.78, 5) is 13.3. The maximum atomic E-state index is 13.3. The van der Waals surface area contributed by atoms with Crippen LogP contribution in [-0.2, 0) is 15.3 Å².